The molecule has 178 valence electrons. The molecule has 7 heteroatoms. The van der Waals surface area contributed by atoms with E-state index in [4.69, 9.17) is 14.2 Å². The van der Waals surface area contributed by atoms with Crippen LogP contribution in [-0.4, -0.2) is 40.5 Å². The van der Waals surface area contributed by atoms with E-state index in [-0.39, 0.29) is 29.8 Å². The first-order valence-electron chi connectivity index (χ1n) is 11.5. The third kappa shape index (κ3) is 5.98. The third-order valence-electron chi connectivity index (χ3n) is 6.08. The van der Waals surface area contributed by atoms with Gasteiger partial charge in [-0.3, -0.25) is 9.59 Å². The highest BCUT2D eigenvalue weighted by Gasteiger charge is 2.48. The Kier molecular flexibility index (Phi) is 7.87. The summed E-state index contributed by atoms with van der Waals surface area (Å²) in [5.41, 5.74) is 2.84. The number of carbonyl (C=O) groups is 2. The fourth-order valence-electron chi connectivity index (χ4n) is 4.50. The van der Waals surface area contributed by atoms with Gasteiger partial charge in [0, 0.05) is 31.9 Å². The van der Waals surface area contributed by atoms with Crippen LogP contribution in [0.4, 0.5) is 0 Å². The van der Waals surface area contributed by atoms with Crippen LogP contribution in [0.3, 0.4) is 0 Å². The maximum Gasteiger partial charge on any atom is 0.303 e. The van der Waals surface area contributed by atoms with Gasteiger partial charge in [0.15, 0.2) is 0 Å². The van der Waals surface area contributed by atoms with Crippen LogP contribution in [0.15, 0.2) is 72.9 Å². The molecule has 0 radical (unpaired) electrons. The van der Waals surface area contributed by atoms with Gasteiger partial charge in [-0.2, -0.15) is 5.10 Å². The Labute approximate surface area is 199 Å². The number of benzene rings is 2. The highest BCUT2D eigenvalue weighted by molar-refractivity contribution is 5.75. The summed E-state index contributed by atoms with van der Waals surface area (Å²) >= 11 is 0. The van der Waals surface area contributed by atoms with Crippen molar-refractivity contribution in [2.75, 3.05) is 6.61 Å². The summed E-state index contributed by atoms with van der Waals surface area (Å²) in [4.78, 5) is 23.8. The second kappa shape index (κ2) is 11.2. The first-order valence-corrected chi connectivity index (χ1v) is 11.5. The molecule has 1 saturated carbocycles. The lowest BCUT2D eigenvalue weighted by Gasteiger charge is -2.26. The molecule has 1 fully saturated rings. The lowest BCUT2D eigenvalue weighted by Crippen LogP contribution is -2.36. The second-order valence-electron chi connectivity index (χ2n) is 8.64. The van der Waals surface area contributed by atoms with Crippen LogP contribution in [0.5, 0.6) is 0 Å². The van der Waals surface area contributed by atoms with E-state index in [1.165, 1.54) is 18.5 Å². The van der Waals surface area contributed by atoms with E-state index >= 15 is 0 Å². The molecular weight excluding hydrogens is 432 g/mol. The first-order chi connectivity index (χ1) is 16.5. The molecule has 3 aromatic rings. The van der Waals surface area contributed by atoms with Crippen molar-refractivity contribution >= 4 is 11.9 Å². The summed E-state index contributed by atoms with van der Waals surface area (Å²) in [6, 6.07) is 21.7. The Morgan fingerprint density at radius 1 is 0.912 bits per heavy atom. The standard InChI is InChI=1S/C27H30N2O5/c1-19(30)29-14-13-25(28-29)24-15-23(18-32-16-21-9-5-3-6-10-21)26(27(24)34-20(2)31)33-17-22-11-7-4-8-12-22/h3-14,23-24,26-27H,15-18H2,1-2H3/t23-,24-,26+,27-/m0/s1. The number of esters is 1. The van der Waals surface area contributed by atoms with Crippen LogP contribution >= 0.6 is 0 Å². The molecule has 1 heterocycles. The molecule has 0 spiro atoms. The van der Waals surface area contributed by atoms with Crippen LogP contribution in [0.25, 0.3) is 0 Å². The molecule has 1 aliphatic carbocycles. The van der Waals surface area contributed by atoms with Gasteiger partial charge in [0.05, 0.1) is 25.5 Å². The second-order valence-corrected chi connectivity index (χ2v) is 8.64. The van der Waals surface area contributed by atoms with Crippen LogP contribution in [0, 0.1) is 5.92 Å². The number of ether oxygens (including phenoxy) is 3. The molecule has 7 nitrogen and oxygen atoms in total. The van der Waals surface area contributed by atoms with E-state index in [1.54, 1.807) is 6.20 Å². The van der Waals surface area contributed by atoms with Gasteiger partial charge in [-0.25, -0.2) is 4.68 Å². The predicted molar refractivity (Wildman–Crippen MR) is 126 cm³/mol. The average Bonchev–Trinajstić information content (AvgIpc) is 3.44. The number of hydrogen-bond acceptors (Lipinski definition) is 6. The minimum absolute atomic E-state index is 0.00995. The number of carbonyl (C=O) groups excluding carboxylic acids is 2. The van der Waals surface area contributed by atoms with Gasteiger partial charge in [-0.15, -0.1) is 0 Å². The molecule has 0 bridgehead atoms. The molecule has 0 aliphatic heterocycles. The zero-order valence-electron chi connectivity index (χ0n) is 19.5. The molecule has 0 unspecified atom stereocenters. The maximum absolute atomic E-state index is 12.0. The van der Waals surface area contributed by atoms with E-state index in [0.29, 0.717) is 31.9 Å². The number of rotatable bonds is 9. The molecule has 1 aromatic heterocycles. The SMILES string of the molecule is CC(=O)O[C@@H]1[C@H](OCc2ccccc2)[C@H](COCc2ccccc2)C[C@H]1c1ccn(C(C)=O)n1. The molecule has 2 aromatic carbocycles. The smallest absolute Gasteiger partial charge is 0.303 e. The van der Waals surface area contributed by atoms with Crippen LogP contribution in [-0.2, 0) is 32.2 Å². The van der Waals surface area contributed by atoms with Crippen molar-refractivity contribution in [1.82, 2.24) is 9.78 Å². The van der Waals surface area contributed by atoms with Crippen molar-refractivity contribution in [1.29, 1.82) is 0 Å². The lowest BCUT2D eigenvalue weighted by molar-refractivity contribution is -0.157. The summed E-state index contributed by atoms with van der Waals surface area (Å²) in [6.45, 7) is 4.20. The molecular formula is C27H30N2O5. The highest BCUT2D eigenvalue weighted by atomic mass is 16.6. The summed E-state index contributed by atoms with van der Waals surface area (Å²) in [7, 11) is 0. The van der Waals surface area contributed by atoms with Gasteiger partial charge >= 0.3 is 5.97 Å². The van der Waals surface area contributed by atoms with Gasteiger partial charge < -0.3 is 14.2 Å². The van der Waals surface area contributed by atoms with Gasteiger partial charge in [0.1, 0.15) is 12.2 Å². The molecule has 0 saturated heterocycles. The van der Waals surface area contributed by atoms with E-state index < -0.39 is 6.10 Å². The molecule has 0 N–H and O–H groups in total. The van der Waals surface area contributed by atoms with E-state index in [1.807, 2.05) is 66.7 Å². The number of nitrogens with zero attached hydrogens (tertiary/aromatic N) is 2. The Bertz CT molecular complexity index is 1080. The number of aromatic nitrogens is 2. The highest BCUT2D eigenvalue weighted by Crippen LogP contribution is 2.42. The van der Waals surface area contributed by atoms with Gasteiger partial charge in [-0.1, -0.05) is 60.7 Å². The predicted octanol–water partition coefficient (Wildman–Crippen LogP) is 4.38. The molecule has 0 amide bonds. The van der Waals surface area contributed by atoms with E-state index in [2.05, 4.69) is 5.10 Å². The fraction of sp³-hybridized carbons (Fsp3) is 0.370. The van der Waals surface area contributed by atoms with Crippen molar-refractivity contribution in [2.24, 2.45) is 5.92 Å². The van der Waals surface area contributed by atoms with Crippen molar-refractivity contribution in [3.05, 3.63) is 89.7 Å². The largest absolute Gasteiger partial charge is 0.459 e. The Morgan fingerprint density at radius 2 is 1.56 bits per heavy atom. The first kappa shape index (κ1) is 23.9. The Hall–Kier alpha value is -3.29. The average molecular weight is 463 g/mol. The summed E-state index contributed by atoms with van der Waals surface area (Å²) in [6.07, 6.45) is 1.41. The van der Waals surface area contributed by atoms with Crippen LogP contribution < -0.4 is 0 Å². The molecule has 4 atom stereocenters. The fourth-order valence-corrected chi connectivity index (χ4v) is 4.50. The van der Waals surface area contributed by atoms with E-state index in [9.17, 15) is 9.59 Å². The zero-order chi connectivity index (χ0) is 23.9. The Balaban J connectivity index is 1.54. The lowest BCUT2D eigenvalue weighted by atomic mass is 10.0. The van der Waals surface area contributed by atoms with Crippen molar-refractivity contribution in [3.63, 3.8) is 0 Å². The topological polar surface area (TPSA) is 79.7 Å². The summed E-state index contributed by atoms with van der Waals surface area (Å²) < 4.78 is 19.5. The minimum Gasteiger partial charge on any atom is -0.459 e. The van der Waals surface area contributed by atoms with Crippen LogP contribution in [0.1, 0.15) is 47.8 Å². The van der Waals surface area contributed by atoms with Gasteiger partial charge in [0.25, 0.3) is 0 Å². The molecule has 4 rings (SSSR count). The third-order valence-corrected chi connectivity index (χ3v) is 6.08. The molecule has 1 aliphatic rings. The normalized spacial score (nSPS) is 21.9. The zero-order valence-corrected chi connectivity index (χ0v) is 19.5. The number of hydrogen-bond donors (Lipinski definition) is 0. The van der Waals surface area contributed by atoms with Crippen molar-refractivity contribution in [3.8, 4) is 0 Å². The van der Waals surface area contributed by atoms with Gasteiger partial charge in [0.2, 0.25) is 5.91 Å². The summed E-state index contributed by atoms with van der Waals surface area (Å²) in [5.74, 6) is -0.757. The van der Waals surface area contributed by atoms with Crippen molar-refractivity contribution in [2.45, 2.75) is 51.6 Å². The van der Waals surface area contributed by atoms with Gasteiger partial charge in [-0.05, 0) is 23.6 Å². The monoisotopic (exact) mass is 462 g/mol. The minimum atomic E-state index is -0.526. The maximum atomic E-state index is 12.0. The summed E-state index contributed by atoms with van der Waals surface area (Å²) in [5, 5.41) is 4.44. The van der Waals surface area contributed by atoms with E-state index in [0.717, 1.165) is 11.1 Å². The molecule has 34 heavy (non-hydrogen) atoms. The van der Waals surface area contributed by atoms with Crippen molar-refractivity contribution < 1.29 is 23.8 Å². The Morgan fingerprint density at radius 3 is 2.15 bits per heavy atom. The van der Waals surface area contributed by atoms with Crippen LogP contribution in [0.2, 0.25) is 0 Å². The quantitative estimate of drug-likeness (QED) is 0.439.